The van der Waals surface area contributed by atoms with Crippen molar-refractivity contribution < 1.29 is 9.84 Å². The average molecular weight is 301 g/mol. The lowest BCUT2D eigenvalue weighted by molar-refractivity contribution is 0.300. The average Bonchev–Trinajstić information content (AvgIpc) is 2.55. The van der Waals surface area contributed by atoms with Crippen LogP contribution in [0.4, 0.5) is 5.82 Å². The van der Waals surface area contributed by atoms with E-state index in [-0.39, 0.29) is 6.61 Å². The van der Waals surface area contributed by atoms with Crippen LogP contribution in [-0.2, 0) is 6.42 Å². The van der Waals surface area contributed by atoms with E-state index in [2.05, 4.69) is 11.0 Å². The number of rotatable bonds is 4. The predicted octanol–water partition coefficient (Wildman–Crippen LogP) is 1.71. The third-order valence-electron chi connectivity index (χ3n) is 4.33. The molecular weight excluding hydrogens is 278 g/mol. The van der Waals surface area contributed by atoms with Gasteiger partial charge in [0.15, 0.2) is 0 Å². The molecule has 1 fully saturated rings. The predicted molar refractivity (Wildman–Crippen MR) is 88.5 cm³/mol. The zero-order chi connectivity index (χ0) is 15.5. The number of fused-ring (bicyclic) bond motifs is 1. The number of methoxy groups -OCH3 is 1. The fraction of sp³-hybridized carbons (Fsp3) is 0.471. The number of anilines is 1. The van der Waals surface area contributed by atoms with Gasteiger partial charge in [0.05, 0.1) is 12.6 Å². The number of aliphatic hydroxyl groups is 1. The Morgan fingerprint density at radius 1 is 1.32 bits per heavy atom. The number of nitrogens with zero attached hydrogens (tertiary/aromatic N) is 2. The molecule has 0 bridgehead atoms. The van der Waals surface area contributed by atoms with Gasteiger partial charge in [-0.25, -0.2) is 4.98 Å². The minimum Gasteiger partial charge on any atom is -0.497 e. The molecule has 0 radical (unpaired) electrons. The van der Waals surface area contributed by atoms with Crippen LogP contribution in [-0.4, -0.2) is 42.9 Å². The van der Waals surface area contributed by atoms with E-state index in [9.17, 15) is 5.11 Å². The number of aromatic nitrogens is 1. The van der Waals surface area contributed by atoms with E-state index < -0.39 is 0 Å². The molecule has 1 aliphatic rings. The fourth-order valence-corrected chi connectivity index (χ4v) is 3.00. The molecule has 2 heterocycles. The summed E-state index contributed by atoms with van der Waals surface area (Å²) in [7, 11) is 1.66. The molecule has 2 aromatic rings. The molecule has 1 aromatic carbocycles. The van der Waals surface area contributed by atoms with Gasteiger partial charge in [-0.3, -0.25) is 0 Å². The van der Waals surface area contributed by atoms with Crippen molar-refractivity contribution in [2.45, 2.75) is 25.3 Å². The second-order valence-electron chi connectivity index (χ2n) is 5.82. The first-order valence-electron chi connectivity index (χ1n) is 7.80. The van der Waals surface area contributed by atoms with Crippen LogP contribution in [0.5, 0.6) is 5.75 Å². The zero-order valence-electron chi connectivity index (χ0n) is 13.0. The number of pyridine rings is 1. The summed E-state index contributed by atoms with van der Waals surface area (Å²) < 4.78 is 5.30. The molecule has 0 atom stereocenters. The summed E-state index contributed by atoms with van der Waals surface area (Å²) in [5.74, 6) is 1.79. The number of ether oxygens (including phenoxy) is 1. The number of benzene rings is 1. The molecule has 1 aliphatic heterocycles. The molecule has 3 rings (SSSR count). The van der Waals surface area contributed by atoms with E-state index in [1.165, 1.54) is 0 Å². The minimum absolute atomic E-state index is 0.126. The molecule has 0 saturated carbocycles. The van der Waals surface area contributed by atoms with Crippen molar-refractivity contribution in [3.63, 3.8) is 0 Å². The summed E-state index contributed by atoms with van der Waals surface area (Å²) in [5.41, 5.74) is 8.03. The van der Waals surface area contributed by atoms with Gasteiger partial charge in [0.1, 0.15) is 11.6 Å². The number of aliphatic hydroxyl groups excluding tert-OH is 1. The lowest BCUT2D eigenvalue weighted by Gasteiger charge is -2.31. The largest absolute Gasteiger partial charge is 0.497 e. The Balaban J connectivity index is 2.01. The first kappa shape index (κ1) is 15.1. The third-order valence-corrected chi connectivity index (χ3v) is 4.33. The summed E-state index contributed by atoms with van der Waals surface area (Å²) in [4.78, 5) is 7.08. The van der Waals surface area contributed by atoms with E-state index in [4.69, 9.17) is 15.5 Å². The fourth-order valence-electron chi connectivity index (χ4n) is 3.00. The van der Waals surface area contributed by atoms with Crippen molar-refractivity contribution in [1.82, 2.24) is 4.98 Å². The highest BCUT2D eigenvalue weighted by molar-refractivity contribution is 5.85. The Kier molecular flexibility index (Phi) is 4.45. The Morgan fingerprint density at radius 3 is 2.77 bits per heavy atom. The SMILES string of the molecule is COc1ccc2nc(N3CCC(N)CC3)cc(CCO)c2c1. The zero-order valence-corrected chi connectivity index (χ0v) is 13.0. The Morgan fingerprint density at radius 2 is 2.09 bits per heavy atom. The van der Waals surface area contributed by atoms with Crippen molar-refractivity contribution in [1.29, 1.82) is 0 Å². The van der Waals surface area contributed by atoms with Crippen molar-refractivity contribution in [3.8, 4) is 5.75 Å². The Bertz CT molecular complexity index is 652. The van der Waals surface area contributed by atoms with Gasteiger partial charge < -0.3 is 20.5 Å². The molecule has 0 unspecified atom stereocenters. The highest BCUT2D eigenvalue weighted by atomic mass is 16.5. The molecule has 22 heavy (non-hydrogen) atoms. The van der Waals surface area contributed by atoms with Crippen molar-refractivity contribution in [2.75, 3.05) is 31.7 Å². The first-order valence-corrected chi connectivity index (χ1v) is 7.80. The van der Waals surface area contributed by atoms with Crippen LogP contribution in [0, 0.1) is 0 Å². The lowest BCUT2D eigenvalue weighted by atomic mass is 10.0. The highest BCUT2D eigenvalue weighted by Crippen LogP contribution is 2.28. The molecular formula is C17H23N3O2. The van der Waals surface area contributed by atoms with Crippen molar-refractivity contribution in [3.05, 3.63) is 29.8 Å². The molecule has 3 N–H and O–H groups in total. The summed E-state index contributed by atoms with van der Waals surface area (Å²) in [6.45, 7) is 2.00. The molecule has 118 valence electrons. The molecule has 5 nitrogen and oxygen atoms in total. The molecule has 1 aromatic heterocycles. The van der Waals surface area contributed by atoms with Crippen molar-refractivity contribution in [2.24, 2.45) is 5.73 Å². The maximum Gasteiger partial charge on any atom is 0.129 e. The first-order chi connectivity index (χ1) is 10.7. The molecule has 0 spiro atoms. The van der Waals surface area contributed by atoms with Crippen LogP contribution in [0.25, 0.3) is 10.9 Å². The maximum atomic E-state index is 9.36. The summed E-state index contributed by atoms with van der Waals surface area (Å²) >= 11 is 0. The molecule has 5 heteroatoms. The number of hydrogen-bond donors (Lipinski definition) is 2. The van der Waals surface area contributed by atoms with Crippen LogP contribution in [0.2, 0.25) is 0 Å². The standard InChI is InChI=1S/C17H23N3O2/c1-22-14-2-3-16-15(11-14)12(6-9-21)10-17(19-16)20-7-4-13(18)5-8-20/h2-3,10-11,13,21H,4-9,18H2,1H3. The van der Waals surface area contributed by atoms with Gasteiger partial charge in [0.25, 0.3) is 0 Å². The van der Waals surface area contributed by atoms with Crippen LogP contribution < -0.4 is 15.4 Å². The topological polar surface area (TPSA) is 71.6 Å². The van der Waals surface area contributed by atoms with Crippen LogP contribution in [0.15, 0.2) is 24.3 Å². The van der Waals surface area contributed by atoms with Crippen molar-refractivity contribution >= 4 is 16.7 Å². The van der Waals surface area contributed by atoms with E-state index in [0.29, 0.717) is 12.5 Å². The highest BCUT2D eigenvalue weighted by Gasteiger charge is 2.18. The summed E-state index contributed by atoms with van der Waals surface area (Å²) in [6.07, 6.45) is 2.61. The lowest BCUT2D eigenvalue weighted by Crippen LogP contribution is -2.40. The van der Waals surface area contributed by atoms with Crippen LogP contribution in [0.3, 0.4) is 0 Å². The van der Waals surface area contributed by atoms with Gasteiger partial charge in [0, 0.05) is 31.1 Å². The van der Waals surface area contributed by atoms with E-state index in [1.807, 2.05) is 18.2 Å². The number of hydrogen-bond acceptors (Lipinski definition) is 5. The van der Waals surface area contributed by atoms with E-state index >= 15 is 0 Å². The second kappa shape index (κ2) is 6.50. The monoisotopic (exact) mass is 301 g/mol. The van der Waals surface area contributed by atoms with Gasteiger partial charge in [0.2, 0.25) is 0 Å². The maximum absolute atomic E-state index is 9.36. The normalized spacial score (nSPS) is 16.2. The molecule has 0 aliphatic carbocycles. The summed E-state index contributed by atoms with van der Waals surface area (Å²) in [6, 6.07) is 8.29. The third kappa shape index (κ3) is 3.00. The van der Waals surface area contributed by atoms with E-state index in [0.717, 1.165) is 54.0 Å². The second-order valence-corrected chi connectivity index (χ2v) is 5.82. The van der Waals surface area contributed by atoms with Gasteiger partial charge >= 0.3 is 0 Å². The van der Waals surface area contributed by atoms with Crippen LogP contribution >= 0.6 is 0 Å². The molecule has 0 amide bonds. The number of piperidine rings is 1. The van der Waals surface area contributed by atoms with Gasteiger partial charge in [-0.15, -0.1) is 0 Å². The Labute approximate surface area is 130 Å². The van der Waals surface area contributed by atoms with Gasteiger partial charge in [-0.05, 0) is 49.1 Å². The summed E-state index contributed by atoms with van der Waals surface area (Å²) in [5, 5.41) is 10.4. The quantitative estimate of drug-likeness (QED) is 0.899. The Hall–Kier alpha value is -1.85. The van der Waals surface area contributed by atoms with Crippen LogP contribution in [0.1, 0.15) is 18.4 Å². The smallest absolute Gasteiger partial charge is 0.129 e. The van der Waals surface area contributed by atoms with Gasteiger partial charge in [-0.1, -0.05) is 0 Å². The van der Waals surface area contributed by atoms with E-state index in [1.54, 1.807) is 7.11 Å². The van der Waals surface area contributed by atoms with Gasteiger partial charge in [-0.2, -0.15) is 0 Å². The number of nitrogens with two attached hydrogens (primary N) is 1. The minimum atomic E-state index is 0.126. The molecule has 1 saturated heterocycles.